The van der Waals surface area contributed by atoms with Gasteiger partial charge < -0.3 is 98.8 Å². The van der Waals surface area contributed by atoms with Crippen molar-refractivity contribution in [1.82, 2.24) is 5.32 Å². The summed E-state index contributed by atoms with van der Waals surface area (Å²) in [6, 6.07) is -3.34. The highest BCUT2D eigenvalue weighted by Gasteiger charge is 2.59. The van der Waals surface area contributed by atoms with Gasteiger partial charge in [0, 0.05) is 38.0 Å². The molecule has 5 aliphatic rings. The molecular weight excluding hydrogens is 678 g/mol. The second kappa shape index (κ2) is 17.6. The van der Waals surface area contributed by atoms with Crippen LogP contribution >= 0.6 is 0 Å². The maximum absolute atomic E-state index is 13.0. The van der Waals surface area contributed by atoms with Crippen molar-refractivity contribution in [2.45, 2.75) is 148 Å². The number of carbonyl (C=O) groups is 1. The van der Waals surface area contributed by atoms with Gasteiger partial charge in [0.25, 0.3) is 0 Å². The van der Waals surface area contributed by atoms with E-state index in [0.717, 1.165) is 6.42 Å². The Morgan fingerprint density at radius 3 is 2.12 bits per heavy atom. The topological polar surface area (TPSA) is 362 Å². The van der Waals surface area contributed by atoms with Crippen molar-refractivity contribution in [3.63, 3.8) is 0 Å². The molecule has 0 amide bonds. The monoisotopic (exact) mass is 737 g/mol. The Balaban J connectivity index is 1.33. The van der Waals surface area contributed by atoms with E-state index < -0.39 is 122 Å². The number of hydrogen-bond donors (Lipinski definition) is 13. The van der Waals surface area contributed by atoms with Crippen LogP contribution in [0.25, 0.3) is 0 Å². The quantitative estimate of drug-likeness (QED) is 0.0654. The summed E-state index contributed by atoms with van der Waals surface area (Å²) in [6.45, 7) is 0.971. The lowest BCUT2D eigenvalue weighted by Crippen LogP contribution is -2.64. The fraction of sp³-hybridized carbons (Fsp3) is 0.968. The van der Waals surface area contributed by atoms with Crippen LogP contribution in [0.3, 0.4) is 0 Å². The van der Waals surface area contributed by atoms with E-state index in [0.29, 0.717) is 32.5 Å². The zero-order valence-corrected chi connectivity index (χ0v) is 28.7. The Hall–Kier alpha value is -1.09. The van der Waals surface area contributed by atoms with Gasteiger partial charge in [-0.2, -0.15) is 0 Å². The van der Waals surface area contributed by atoms with E-state index >= 15 is 0 Å². The summed E-state index contributed by atoms with van der Waals surface area (Å²) in [5.41, 5.74) is 34.5. The van der Waals surface area contributed by atoms with Crippen molar-refractivity contribution in [1.29, 1.82) is 0 Å². The van der Waals surface area contributed by atoms with Gasteiger partial charge in [0.15, 0.2) is 24.7 Å². The minimum Gasteiger partial charge on any atom is -0.394 e. The number of rotatable bonds is 16. The van der Waals surface area contributed by atoms with Crippen molar-refractivity contribution in [3.05, 3.63) is 0 Å². The average molecular weight is 738 g/mol. The third-order valence-corrected chi connectivity index (χ3v) is 10.8. The van der Waals surface area contributed by atoms with E-state index in [1.54, 1.807) is 0 Å². The second-order valence-corrected chi connectivity index (χ2v) is 14.6. The molecule has 2 aliphatic carbocycles. The molecule has 19 atom stereocenters. The first-order chi connectivity index (χ1) is 24.2. The Bertz CT molecular complexity index is 1140. The van der Waals surface area contributed by atoms with Crippen LogP contribution in [0.2, 0.25) is 0 Å². The van der Waals surface area contributed by atoms with Crippen molar-refractivity contribution in [3.8, 4) is 0 Å². The molecule has 0 spiro atoms. The fourth-order valence-corrected chi connectivity index (χ4v) is 7.40. The summed E-state index contributed by atoms with van der Waals surface area (Å²) >= 11 is 0. The van der Waals surface area contributed by atoms with Crippen molar-refractivity contribution < 1.29 is 63.9 Å². The molecular formula is C31H59N7O13. The van der Waals surface area contributed by atoms with Gasteiger partial charge in [-0.15, -0.1) is 0 Å². The standard InChI is InChI=1S/C31H59N7O13/c32-4-1-5-38-10-13-2-3-14(34)28(46-13)49-25-15(35)6-12(7-19(40)31(45)8-18(31)36)21(41)27(25)51-30-24(44)26(17(11-39)48-30)50-29-20(37)23(43)22(42)16(9-33)47-29/h12-18,20-30,38-39,41-45H,1-11,32-37H2/t12-,13-,14+,15-,16-,17+,18?,20+,21-,22+,23+,24+,25+,26+,27+,28+,29+,30-,31?/m0/s1. The van der Waals surface area contributed by atoms with Gasteiger partial charge in [-0.1, -0.05) is 0 Å². The van der Waals surface area contributed by atoms with Gasteiger partial charge in [0.2, 0.25) is 0 Å². The normalized spacial score (nSPS) is 48.9. The fourth-order valence-electron chi connectivity index (χ4n) is 7.40. The lowest BCUT2D eigenvalue weighted by atomic mass is 9.76. The number of aliphatic hydroxyl groups is 6. The van der Waals surface area contributed by atoms with Crippen LogP contribution in [0.15, 0.2) is 0 Å². The zero-order chi connectivity index (χ0) is 37.2. The molecule has 20 heteroatoms. The minimum absolute atomic E-state index is 0.0985. The molecule has 3 aliphatic heterocycles. The Labute approximate surface area is 296 Å². The molecule has 296 valence electrons. The van der Waals surface area contributed by atoms with Crippen molar-refractivity contribution in [2.75, 3.05) is 32.8 Å². The Morgan fingerprint density at radius 1 is 0.804 bits per heavy atom. The van der Waals surface area contributed by atoms with Crippen molar-refractivity contribution >= 4 is 5.78 Å². The number of carbonyl (C=O) groups excluding carboxylic acids is 1. The summed E-state index contributed by atoms with van der Waals surface area (Å²) < 4.78 is 36.2. The summed E-state index contributed by atoms with van der Waals surface area (Å²) in [5, 5.41) is 67.8. The van der Waals surface area contributed by atoms with Crippen LogP contribution < -0.4 is 39.7 Å². The average Bonchev–Trinajstić information content (AvgIpc) is 3.63. The van der Waals surface area contributed by atoms with E-state index in [2.05, 4.69) is 5.32 Å². The molecule has 0 radical (unpaired) electrons. The van der Waals surface area contributed by atoms with Gasteiger partial charge in [0.05, 0.1) is 30.9 Å². The van der Waals surface area contributed by atoms with Gasteiger partial charge in [-0.3, -0.25) is 4.79 Å². The van der Waals surface area contributed by atoms with Crippen LogP contribution in [0.1, 0.15) is 38.5 Å². The molecule has 19 N–H and O–H groups in total. The first-order valence-corrected chi connectivity index (χ1v) is 17.9. The summed E-state index contributed by atoms with van der Waals surface area (Å²) in [7, 11) is 0. The van der Waals surface area contributed by atoms with Crippen molar-refractivity contribution in [2.24, 2.45) is 40.3 Å². The lowest BCUT2D eigenvalue weighted by Gasteiger charge is -2.46. The van der Waals surface area contributed by atoms with Crippen LogP contribution in [0, 0.1) is 5.92 Å². The van der Waals surface area contributed by atoms with E-state index in [1.807, 2.05) is 0 Å². The molecule has 0 aromatic carbocycles. The molecule has 0 bridgehead atoms. The van der Waals surface area contributed by atoms with Gasteiger partial charge in [0.1, 0.15) is 54.4 Å². The third-order valence-electron chi connectivity index (χ3n) is 10.8. The first-order valence-electron chi connectivity index (χ1n) is 17.9. The molecule has 2 saturated carbocycles. The molecule has 2 unspecified atom stereocenters. The number of Topliss-reactive ketones (excluding diaryl/α,β-unsaturated/α-hetero) is 1. The molecule has 3 saturated heterocycles. The molecule has 5 rings (SSSR count). The number of aliphatic hydroxyl groups excluding tert-OH is 5. The molecule has 5 fully saturated rings. The van der Waals surface area contributed by atoms with Crippen LogP contribution in [0.5, 0.6) is 0 Å². The van der Waals surface area contributed by atoms with Crippen LogP contribution in [0.4, 0.5) is 0 Å². The lowest BCUT2D eigenvalue weighted by molar-refractivity contribution is -0.292. The van der Waals surface area contributed by atoms with Crippen LogP contribution in [-0.4, -0.2) is 179 Å². The second-order valence-electron chi connectivity index (χ2n) is 14.6. The highest BCUT2D eigenvalue weighted by atomic mass is 16.8. The Morgan fingerprint density at radius 2 is 1.47 bits per heavy atom. The summed E-state index contributed by atoms with van der Waals surface area (Å²) in [6.07, 6.45) is -14.0. The maximum atomic E-state index is 13.0. The molecule has 0 aromatic rings. The molecule has 3 heterocycles. The third kappa shape index (κ3) is 9.07. The summed E-state index contributed by atoms with van der Waals surface area (Å²) in [5.74, 6) is -1.34. The minimum atomic E-state index is -1.68. The predicted octanol–water partition coefficient (Wildman–Crippen LogP) is -7.15. The highest BCUT2D eigenvalue weighted by molar-refractivity contribution is 5.91. The molecule has 51 heavy (non-hydrogen) atoms. The van der Waals surface area contributed by atoms with Crippen LogP contribution in [-0.2, 0) is 33.2 Å². The van der Waals surface area contributed by atoms with Gasteiger partial charge in [-0.25, -0.2) is 0 Å². The SMILES string of the molecule is NCCCNC[C@@H]1CC[C@@H](N)[C@@H](O[C@H]2[C@H](O[C@@H]3O[C@H](CO)[C@@H](O[C@H]4O[C@@H](CN)[C@@H](O)[C@H](O)[C@H]4N)[C@H]3O)[C@@H](O)[C@H](CC(=O)C3(O)CC3N)C[C@@H]2N)O1. The van der Waals surface area contributed by atoms with E-state index in [1.165, 1.54) is 0 Å². The first kappa shape index (κ1) is 41.1. The van der Waals surface area contributed by atoms with E-state index in [9.17, 15) is 35.4 Å². The molecule has 20 nitrogen and oxygen atoms in total. The van der Waals surface area contributed by atoms with Gasteiger partial charge in [-0.05, 0) is 44.7 Å². The van der Waals surface area contributed by atoms with E-state index in [-0.39, 0.29) is 31.9 Å². The van der Waals surface area contributed by atoms with E-state index in [4.69, 9.17) is 62.8 Å². The maximum Gasteiger partial charge on any atom is 0.187 e. The smallest absolute Gasteiger partial charge is 0.187 e. The number of nitrogens with one attached hydrogen (secondary N) is 1. The number of hydrogen-bond acceptors (Lipinski definition) is 20. The zero-order valence-electron chi connectivity index (χ0n) is 28.7. The largest absolute Gasteiger partial charge is 0.394 e. The number of ketones is 1. The van der Waals surface area contributed by atoms with Gasteiger partial charge >= 0.3 is 0 Å². The predicted molar refractivity (Wildman–Crippen MR) is 176 cm³/mol. The Kier molecular flexibility index (Phi) is 14.2. The summed E-state index contributed by atoms with van der Waals surface area (Å²) in [4.78, 5) is 13.0. The molecule has 0 aromatic heterocycles. The number of nitrogens with two attached hydrogens (primary N) is 6. The number of ether oxygens (including phenoxy) is 6. The highest BCUT2D eigenvalue weighted by Crippen LogP contribution is 2.41.